The highest BCUT2D eigenvalue weighted by atomic mass is 19.4. The van der Waals surface area contributed by atoms with Crippen molar-refractivity contribution < 1.29 is 45.1 Å². The van der Waals surface area contributed by atoms with Gasteiger partial charge in [-0.05, 0) is 61.7 Å². The number of hydrogen-bond donors (Lipinski definition) is 3. The van der Waals surface area contributed by atoms with Crippen LogP contribution in [0.5, 0.6) is 0 Å². The van der Waals surface area contributed by atoms with Crippen LogP contribution in [0.2, 0.25) is 0 Å². The SMILES string of the molecule is CNC(=O)NCCCN(C(=O)c1ccccc1)c1cccc(C(=O)Nc2c(C)cc(C(F)(C(F)(F)F)C(F)(F)F)cc2C)c1. The van der Waals surface area contributed by atoms with Crippen LogP contribution in [0.1, 0.15) is 43.8 Å². The van der Waals surface area contributed by atoms with E-state index >= 15 is 0 Å². The van der Waals surface area contributed by atoms with E-state index in [-0.39, 0.29) is 35.5 Å². The number of nitrogens with zero attached hydrogens (tertiary/aromatic N) is 1. The zero-order valence-corrected chi connectivity index (χ0v) is 23.8. The van der Waals surface area contributed by atoms with Crippen molar-refractivity contribution in [2.24, 2.45) is 0 Å². The van der Waals surface area contributed by atoms with E-state index in [4.69, 9.17) is 0 Å². The Hall–Kier alpha value is -4.62. The number of nitrogens with one attached hydrogen (secondary N) is 3. The number of aryl methyl sites for hydroxylation is 2. The van der Waals surface area contributed by atoms with Gasteiger partial charge < -0.3 is 20.9 Å². The van der Waals surface area contributed by atoms with Crippen LogP contribution in [-0.2, 0) is 5.67 Å². The van der Waals surface area contributed by atoms with Crippen molar-refractivity contribution in [3.05, 3.63) is 94.5 Å². The lowest BCUT2D eigenvalue weighted by atomic mass is 9.90. The molecule has 0 saturated heterocycles. The molecule has 3 aromatic rings. The Morgan fingerprint density at radius 3 is 1.89 bits per heavy atom. The first kappa shape index (κ1) is 33.9. The third-order valence-corrected chi connectivity index (χ3v) is 6.71. The second kappa shape index (κ2) is 13.3. The number of alkyl halides is 7. The van der Waals surface area contributed by atoms with Crippen molar-refractivity contribution in [1.29, 1.82) is 0 Å². The van der Waals surface area contributed by atoms with Crippen LogP contribution < -0.4 is 20.9 Å². The van der Waals surface area contributed by atoms with Crippen LogP contribution >= 0.6 is 0 Å². The van der Waals surface area contributed by atoms with Gasteiger partial charge in [0.05, 0.1) is 0 Å². The number of carbonyl (C=O) groups is 3. The fourth-order valence-electron chi connectivity index (χ4n) is 4.46. The third-order valence-electron chi connectivity index (χ3n) is 6.71. The molecule has 0 radical (unpaired) electrons. The zero-order chi connectivity index (χ0) is 32.9. The number of rotatable bonds is 9. The molecule has 0 aliphatic heterocycles. The number of benzene rings is 3. The minimum Gasteiger partial charge on any atom is -0.341 e. The number of hydrogen-bond acceptors (Lipinski definition) is 3. The summed E-state index contributed by atoms with van der Waals surface area (Å²) in [5, 5.41) is 7.49. The molecule has 0 heterocycles. The predicted molar refractivity (Wildman–Crippen MR) is 150 cm³/mol. The highest BCUT2D eigenvalue weighted by Gasteiger charge is 2.73. The predicted octanol–water partition coefficient (Wildman–Crippen LogP) is 6.81. The number of amides is 4. The lowest BCUT2D eigenvalue weighted by Gasteiger charge is -2.31. The van der Waals surface area contributed by atoms with Gasteiger partial charge in [-0.3, -0.25) is 9.59 Å². The molecular formula is C30H29F7N4O3. The molecule has 0 spiro atoms. The van der Waals surface area contributed by atoms with Crippen molar-refractivity contribution in [2.75, 3.05) is 30.4 Å². The van der Waals surface area contributed by atoms with Crippen molar-refractivity contribution in [3.63, 3.8) is 0 Å². The Balaban J connectivity index is 1.91. The molecule has 0 saturated carbocycles. The number of halogens is 7. The Morgan fingerprint density at radius 2 is 1.34 bits per heavy atom. The van der Waals surface area contributed by atoms with Crippen LogP contribution in [0.3, 0.4) is 0 Å². The molecule has 0 fully saturated rings. The maximum Gasteiger partial charge on any atom is 0.435 e. The first-order valence-corrected chi connectivity index (χ1v) is 13.2. The van der Waals surface area contributed by atoms with Gasteiger partial charge in [0.1, 0.15) is 0 Å². The van der Waals surface area contributed by atoms with Crippen molar-refractivity contribution in [1.82, 2.24) is 10.6 Å². The standard InChI is InChI=1S/C30H29F7N4O3/c1-18-15-22(28(31,29(32,33)34)30(35,36)37)16-19(2)24(18)40-25(42)21-11-7-12-23(17-21)41(14-8-13-39-27(44)38-3)26(43)20-9-5-4-6-10-20/h4-7,9-12,15-17H,8,13-14H2,1-3H3,(H,40,42)(H2,38,39,44). The lowest BCUT2D eigenvalue weighted by Crippen LogP contribution is -2.50. The van der Waals surface area contributed by atoms with Crippen molar-refractivity contribution in [2.45, 2.75) is 38.3 Å². The van der Waals surface area contributed by atoms with Crippen LogP contribution in [0.25, 0.3) is 0 Å². The maximum absolute atomic E-state index is 14.6. The number of urea groups is 1. The smallest absolute Gasteiger partial charge is 0.341 e. The van der Waals surface area contributed by atoms with E-state index in [1.54, 1.807) is 36.4 Å². The summed E-state index contributed by atoms with van der Waals surface area (Å²) in [6.45, 7) is 2.66. The average molecular weight is 627 g/mol. The van der Waals surface area contributed by atoms with E-state index in [2.05, 4.69) is 16.0 Å². The first-order valence-electron chi connectivity index (χ1n) is 13.2. The quantitative estimate of drug-likeness (QED) is 0.180. The van der Waals surface area contributed by atoms with Gasteiger partial charge in [-0.2, -0.15) is 26.3 Å². The van der Waals surface area contributed by atoms with Crippen molar-refractivity contribution >= 4 is 29.2 Å². The van der Waals surface area contributed by atoms with Gasteiger partial charge in [0.2, 0.25) is 0 Å². The Kier molecular flexibility index (Phi) is 10.3. The van der Waals surface area contributed by atoms with Gasteiger partial charge in [-0.15, -0.1) is 0 Å². The average Bonchev–Trinajstić information content (AvgIpc) is 2.97. The number of carbonyl (C=O) groups excluding carboxylic acids is 3. The highest BCUT2D eigenvalue weighted by molar-refractivity contribution is 6.08. The molecule has 3 rings (SSSR count). The summed E-state index contributed by atoms with van der Waals surface area (Å²) in [5.41, 5.74) is -7.15. The van der Waals surface area contributed by atoms with Gasteiger partial charge in [0.15, 0.2) is 0 Å². The van der Waals surface area contributed by atoms with Gasteiger partial charge >= 0.3 is 24.1 Å². The molecule has 0 aliphatic carbocycles. The molecule has 0 unspecified atom stereocenters. The minimum absolute atomic E-state index is 0.0187. The molecule has 0 atom stereocenters. The van der Waals surface area contributed by atoms with Gasteiger partial charge in [-0.25, -0.2) is 9.18 Å². The van der Waals surface area contributed by atoms with E-state index in [1.807, 2.05) is 0 Å². The van der Waals surface area contributed by atoms with Crippen LogP contribution in [0, 0.1) is 13.8 Å². The summed E-state index contributed by atoms with van der Waals surface area (Å²) < 4.78 is 94.4. The Labute approximate surface area is 248 Å². The van der Waals surface area contributed by atoms with Crippen LogP contribution in [0.15, 0.2) is 66.7 Å². The maximum atomic E-state index is 14.6. The molecule has 0 bridgehead atoms. The normalized spacial score (nSPS) is 12.0. The fraction of sp³-hybridized carbons (Fsp3) is 0.300. The molecular weight excluding hydrogens is 597 g/mol. The van der Waals surface area contributed by atoms with Crippen LogP contribution in [0.4, 0.5) is 46.9 Å². The topological polar surface area (TPSA) is 90.5 Å². The molecule has 0 aliphatic rings. The number of anilines is 2. The van der Waals surface area contributed by atoms with Crippen molar-refractivity contribution in [3.8, 4) is 0 Å². The van der Waals surface area contributed by atoms with Crippen LogP contribution in [-0.4, -0.2) is 50.3 Å². The van der Waals surface area contributed by atoms with E-state index in [0.29, 0.717) is 29.8 Å². The second-order valence-electron chi connectivity index (χ2n) is 9.83. The molecule has 7 nitrogen and oxygen atoms in total. The summed E-state index contributed by atoms with van der Waals surface area (Å²) in [4.78, 5) is 39.5. The fourth-order valence-corrected chi connectivity index (χ4v) is 4.46. The zero-order valence-electron chi connectivity index (χ0n) is 23.8. The summed E-state index contributed by atoms with van der Waals surface area (Å²) in [6.07, 6.45) is -12.2. The molecule has 0 aromatic heterocycles. The molecule has 4 amide bonds. The molecule has 3 aromatic carbocycles. The Morgan fingerprint density at radius 1 is 0.773 bits per heavy atom. The summed E-state index contributed by atoms with van der Waals surface area (Å²) in [7, 11) is 1.45. The van der Waals surface area contributed by atoms with E-state index < -0.39 is 41.4 Å². The summed E-state index contributed by atoms with van der Waals surface area (Å²) >= 11 is 0. The van der Waals surface area contributed by atoms with E-state index in [0.717, 1.165) is 13.8 Å². The van der Waals surface area contributed by atoms with Gasteiger partial charge in [-0.1, -0.05) is 36.4 Å². The second-order valence-corrected chi connectivity index (χ2v) is 9.83. The first-order chi connectivity index (χ1) is 20.5. The molecule has 236 valence electrons. The monoisotopic (exact) mass is 626 g/mol. The summed E-state index contributed by atoms with van der Waals surface area (Å²) in [6, 6.07) is 14.5. The molecule has 3 N–H and O–H groups in total. The van der Waals surface area contributed by atoms with E-state index in [1.165, 1.54) is 30.1 Å². The molecule has 44 heavy (non-hydrogen) atoms. The minimum atomic E-state index is -6.28. The lowest BCUT2D eigenvalue weighted by molar-refractivity contribution is -0.348. The van der Waals surface area contributed by atoms with Gasteiger partial charge in [0, 0.05) is 48.2 Å². The summed E-state index contributed by atoms with van der Waals surface area (Å²) in [5.74, 6) is -1.17. The largest absolute Gasteiger partial charge is 0.435 e. The van der Waals surface area contributed by atoms with E-state index in [9.17, 15) is 45.1 Å². The third kappa shape index (κ3) is 7.29. The molecule has 14 heteroatoms. The Bertz CT molecular complexity index is 1470. The van der Waals surface area contributed by atoms with Gasteiger partial charge in [0.25, 0.3) is 11.8 Å². The highest BCUT2D eigenvalue weighted by Crippen LogP contribution is 2.53.